The van der Waals surface area contributed by atoms with E-state index in [0.29, 0.717) is 11.4 Å². The number of hydrogen-bond acceptors (Lipinski definition) is 4. The summed E-state index contributed by atoms with van der Waals surface area (Å²) < 4.78 is 0. The molecule has 1 aliphatic rings. The summed E-state index contributed by atoms with van der Waals surface area (Å²) in [6, 6.07) is 18.2. The van der Waals surface area contributed by atoms with Gasteiger partial charge in [0.1, 0.15) is 11.4 Å². The minimum Gasteiger partial charge on any atom is -0.478 e. The van der Waals surface area contributed by atoms with Crippen LogP contribution in [0.3, 0.4) is 0 Å². The largest absolute Gasteiger partial charge is 0.478 e. The first kappa shape index (κ1) is 19.4. The van der Waals surface area contributed by atoms with Gasteiger partial charge in [-0.15, -0.1) is 0 Å². The van der Waals surface area contributed by atoms with Gasteiger partial charge in [-0.3, -0.25) is 4.90 Å². The molecule has 0 aliphatic carbocycles. The predicted octanol–water partition coefficient (Wildman–Crippen LogP) is 4.34. The number of fused-ring (bicyclic) bond motifs is 1. The van der Waals surface area contributed by atoms with Crippen molar-refractivity contribution in [2.24, 2.45) is 0 Å². The third-order valence-electron chi connectivity index (χ3n) is 5.94. The number of nitrogens with zero attached hydrogens (tertiary/aromatic N) is 3. The molecule has 3 aromatic rings. The van der Waals surface area contributed by atoms with Crippen molar-refractivity contribution < 1.29 is 9.90 Å². The summed E-state index contributed by atoms with van der Waals surface area (Å²) in [6.45, 7) is 9.54. The average molecular weight is 389 g/mol. The van der Waals surface area contributed by atoms with Crippen LogP contribution < -0.4 is 4.90 Å². The number of carbonyl (C=O) groups is 1. The first-order valence-corrected chi connectivity index (χ1v) is 10.0. The Hall–Kier alpha value is -2.92. The smallest absolute Gasteiger partial charge is 0.339 e. The van der Waals surface area contributed by atoms with Gasteiger partial charge in [0, 0.05) is 37.1 Å². The zero-order chi connectivity index (χ0) is 20.6. The number of aryl methyl sites for hydroxylation is 1. The molecule has 0 unspecified atom stereocenters. The topological polar surface area (TPSA) is 56.7 Å². The van der Waals surface area contributed by atoms with E-state index in [-0.39, 0.29) is 5.54 Å². The summed E-state index contributed by atoms with van der Waals surface area (Å²) in [4.78, 5) is 21.5. The number of anilines is 1. The Balaban J connectivity index is 1.67. The van der Waals surface area contributed by atoms with Crippen molar-refractivity contribution in [3.8, 4) is 0 Å². The minimum absolute atomic E-state index is 0.106. The fourth-order valence-electron chi connectivity index (χ4n) is 4.31. The van der Waals surface area contributed by atoms with Crippen LogP contribution in [0.1, 0.15) is 35.3 Å². The summed E-state index contributed by atoms with van der Waals surface area (Å²) in [6.07, 6.45) is 0. The lowest BCUT2D eigenvalue weighted by molar-refractivity contribution is 0.0693. The number of carboxylic acids is 1. The lowest BCUT2D eigenvalue weighted by Gasteiger charge is -2.48. The van der Waals surface area contributed by atoms with Crippen LogP contribution in [0.4, 0.5) is 5.82 Å². The van der Waals surface area contributed by atoms with Crippen molar-refractivity contribution >= 4 is 22.7 Å². The van der Waals surface area contributed by atoms with Crippen LogP contribution in [-0.2, 0) is 6.54 Å². The predicted molar refractivity (Wildman–Crippen MR) is 117 cm³/mol. The standard InChI is InChI=1S/C24H27N3O2/c1-17-19-11-7-8-12-20(19)25-22(21(17)23(28)29)26-13-14-27(24(2,3)16-26)15-18-9-5-4-6-10-18/h4-12H,13-16H2,1-3H3,(H,28,29). The van der Waals surface area contributed by atoms with Gasteiger partial charge in [0.2, 0.25) is 0 Å². The lowest BCUT2D eigenvalue weighted by Crippen LogP contribution is -2.59. The first-order chi connectivity index (χ1) is 13.9. The van der Waals surface area contributed by atoms with E-state index in [1.807, 2.05) is 37.3 Å². The van der Waals surface area contributed by atoms with Crippen LogP contribution in [0.5, 0.6) is 0 Å². The fourth-order valence-corrected chi connectivity index (χ4v) is 4.31. The lowest BCUT2D eigenvalue weighted by atomic mass is 9.96. The number of piperazine rings is 1. The maximum Gasteiger partial charge on any atom is 0.339 e. The number of pyridine rings is 1. The monoisotopic (exact) mass is 389 g/mol. The molecule has 1 saturated heterocycles. The average Bonchev–Trinajstić information content (AvgIpc) is 2.69. The van der Waals surface area contributed by atoms with Crippen molar-refractivity contribution in [1.29, 1.82) is 0 Å². The Morgan fingerprint density at radius 3 is 2.45 bits per heavy atom. The quantitative estimate of drug-likeness (QED) is 0.719. The number of carboxylic acid groups (broad SMARTS) is 1. The summed E-state index contributed by atoms with van der Waals surface area (Å²) in [5.41, 5.74) is 3.12. The van der Waals surface area contributed by atoms with Gasteiger partial charge in [-0.2, -0.15) is 0 Å². The van der Waals surface area contributed by atoms with Crippen molar-refractivity contribution in [3.05, 3.63) is 71.3 Å². The van der Waals surface area contributed by atoms with Crippen molar-refractivity contribution in [1.82, 2.24) is 9.88 Å². The minimum atomic E-state index is -0.916. The van der Waals surface area contributed by atoms with Crippen LogP contribution >= 0.6 is 0 Å². The Kier molecular flexibility index (Phi) is 5.01. The number of aromatic carboxylic acids is 1. The molecule has 5 nitrogen and oxygen atoms in total. The van der Waals surface area contributed by atoms with Gasteiger partial charge in [0.05, 0.1) is 5.52 Å². The second-order valence-corrected chi connectivity index (χ2v) is 8.40. The molecule has 0 atom stereocenters. The van der Waals surface area contributed by atoms with Gasteiger partial charge in [0.15, 0.2) is 0 Å². The van der Waals surface area contributed by atoms with Gasteiger partial charge in [-0.25, -0.2) is 9.78 Å². The highest BCUT2D eigenvalue weighted by molar-refractivity contribution is 6.01. The molecule has 4 rings (SSSR count). The highest BCUT2D eigenvalue weighted by Crippen LogP contribution is 2.32. The molecule has 1 aliphatic heterocycles. The second kappa shape index (κ2) is 7.48. The molecule has 1 N–H and O–H groups in total. The van der Waals surface area contributed by atoms with E-state index in [0.717, 1.165) is 42.6 Å². The maximum absolute atomic E-state index is 12.1. The van der Waals surface area contributed by atoms with E-state index in [2.05, 4.69) is 47.9 Å². The Labute approximate surface area is 171 Å². The normalized spacial score (nSPS) is 16.9. The van der Waals surface area contributed by atoms with Crippen LogP contribution in [0, 0.1) is 6.92 Å². The zero-order valence-electron chi connectivity index (χ0n) is 17.2. The van der Waals surface area contributed by atoms with E-state index < -0.39 is 5.97 Å². The molecule has 0 saturated carbocycles. The highest BCUT2D eigenvalue weighted by atomic mass is 16.4. The Morgan fingerprint density at radius 2 is 1.76 bits per heavy atom. The third kappa shape index (κ3) is 3.70. The Bertz CT molecular complexity index is 1050. The third-order valence-corrected chi connectivity index (χ3v) is 5.94. The summed E-state index contributed by atoms with van der Waals surface area (Å²) in [5, 5.41) is 10.8. The van der Waals surface area contributed by atoms with E-state index in [9.17, 15) is 9.90 Å². The van der Waals surface area contributed by atoms with Crippen LogP contribution in [-0.4, -0.2) is 46.1 Å². The van der Waals surface area contributed by atoms with Crippen LogP contribution in [0.2, 0.25) is 0 Å². The molecule has 0 radical (unpaired) electrons. The van der Waals surface area contributed by atoms with E-state index in [4.69, 9.17) is 4.98 Å². The molecule has 0 amide bonds. The van der Waals surface area contributed by atoms with E-state index >= 15 is 0 Å². The van der Waals surface area contributed by atoms with E-state index in [1.54, 1.807) is 0 Å². The summed E-state index contributed by atoms with van der Waals surface area (Å²) in [5.74, 6) is -0.332. The molecule has 5 heteroatoms. The van der Waals surface area contributed by atoms with Crippen LogP contribution in [0.25, 0.3) is 10.9 Å². The SMILES string of the molecule is Cc1c(C(=O)O)c(N2CCN(Cc3ccccc3)C(C)(C)C2)nc2ccccc12. The molecule has 150 valence electrons. The first-order valence-electron chi connectivity index (χ1n) is 10.0. The molecule has 1 fully saturated rings. The second-order valence-electron chi connectivity index (χ2n) is 8.40. The molecule has 1 aromatic heterocycles. The number of aromatic nitrogens is 1. The van der Waals surface area contributed by atoms with Gasteiger partial charge in [-0.05, 0) is 38.0 Å². The van der Waals surface area contributed by atoms with Gasteiger partial charge in [0.25, 0.3) is 0 Å². The number of para-hydroxylation sites is 1. The molecule has 0 bridgehead atoms. The molecule has 0 spiro atoms. The summed E-state index contributed by atoms with van der Waals surface area (Å²) >= 11 is 0. The zero-order valence-corrected chi connectivity index (χ0v) is 17.2. The van der Waals surface area contributed by atoms with Gasteiger partial charge in [-0.1, -0.05) is 48.5 Å². The van der Waals surface area contributed by atoms with E-state index in [1.165, 1.54) is 5.56 Å². The maximum atomic E-state index is 12.1. The Morgan fingerprint density at radius 1 is 1.07 bits per heavy atom. The molecule has 29 heavy (non-hydrogen) atoms. The van der Waals surface area contributed by atoms with Crippen molar-refractivity contribution in [2.45, 2.75) is 32.9 Å². The number of benzene rings is 2. The van der Waals surface area contributed by atoms with Crippen LogP contribution in [0.15, 0.2) is 54.6 Å². The highest BCUT2D eigenvalue weighted by Gasteiger charge is 2.36. The van der Waals surface area contributed by atoms with Gasteiger partial charge < -0.3 is 10.0 Å². The fraction of sp³-hybridized carbons (Fsp3) is 0.333. The number of rotatable bonds is 4. The number of hydrogen-bond donors (Lipinski definition) is 1. The molecule has 2 aromatic carbocycles. The summed E-state index contributed by atoms with van der Waals surface area (Å²) in [7, 11) is 0. The molecular formula is C24H27N3O2. The van der Waals surface area contributed by atoms with Gasteiger partial charge >= 0.3 is 5.97 Å². The molecular weight excluding hydrogens is 362 g/mol. The van der Waals surface area contributed by atoms with Crippen molar-refractivity contribution in [2.75, 3.05) is 24.5 Å². The molecule has 2 heterocycles. The van der Waals surface area contributed by atoms with Crippen molar-refractivity contribution in [3.63, 3.8) is 0 Å².